The number of amides is 2. The zero-order valence-corrected chi connectivity index (χ0v) is 12.1. The van der Waals surface area contributed by atoms with Gasteiger partial charge in [-0.1, -0.05) is 18.2 Å². The van der Waals surface area contributed by atoms with E-state index in [-0.39, 0.29) is 25.3 Å². The molecule has 0 atom stereocenters. The highest BCUT2D eigenvalue weighted by atomic mass is 19.4. The van der Waals surface area contributed by atoms with Gasteiger partial charge in [0, 0.05) is 25.1 Å². The summed E-state index contributed by atoms with van der Waals surface area (Å²) in [5.41, 5.74) is 1.81. The lowest BCUT2D eigenvalue weighted by molar-refractivity contribution is -0.137. The molecule has 0 unspecified atom stereocenters. The number of benzene rings is 1. The van der Waals surface area contributed by atoms with E-state index >= 15 is 0 Å². The number of hydrogen-bond acceptors (Lipinski definition) is 3. The highest BCUT2D eigenvalue weighted by Crippen LogP contribution is 2.29. The molecule has 8 heteroatoms. The van der Waals surface area contributed by atoms with Crippen molar-refractivity contribution in [3.8, 4) is 0 Å². The average molecular weight is 328 g/mol. The van der Waals surface area contributed by atoms with Gasteiger partial charge < -0.3 is 4.90 Å². The van der Waals surface area contributed by atoms with Crippen molar-refractivity contribution in [2.45, 2.75) is 25.6 Å². The van der Waals surface area contributed by atoms with Gasteiger partial charge in [-0.05, 0) is 24.1 Å². The van der Waals surface area contributed by atoms with Gasteiger partial charge in [0.1, 0.15) is 0 Å². The number of nitrogens with one attached hydrogen (secondary N) is 1. The molecule has 0 radical (unpaired) electrons. The molecule has 1 heterocycles. The maximum Gasteiger partial charge on any atom is 0.416 e. The Balaban J connectivity index is 1.92. The molecule has 1 aliphatic rings. The summed E-state index contributed by atoms with van der Waals surface area (Å²) in [7, 11) is 0. The van der Waals surface area contributed by atoms with Crippen LogP contribution in [0.15, 0.2) is 35.9 Å². The molecule has 0 aliphatic carbocycles. The van der Waals surface area contributed by atoms with Crippen molar-refractivity contribution in [3.05, 3.63) is 47.0 Å². The summed E-state index contributed by atoms with van der Waals surface area (Å²) in [4.78, 5) is 24.6. The van der Waals surface area contributed by atoms with Crippen molar-refractivity contribution in [2.75, 3.05) is 6.54 Å². The van der Waals surface area contributed by atoms with Gasteiger partial charge in [-0.25, -0.2) is 5.48 Å². The van der Waals surface area contributed by atoms with Gasteiger partial charge >= 0.3 is 6.18 Å². The van der Waals surface area contributed by atoms with Crippen LogP contribution < -0.4 is 5.48 Å². The van der Waals surface area contributed by atoms with Crippen molar-refractivity contribution in [3.63, 3.8) is 0 Å². The minimum absolute atomic E-state index is 0.0117. The Hall–Kier alpha value is -2.35. The number of hydroxylamine groups is 1. The van der Waals surface area contributed by atoms with Crippen molar-refractivity contribution in [1.29, 1.82) is 0 Å². The molecule has 2 N–H and O–H groups in total. The molecule has 5 nitrogen and oxygen atoms in total. The highest BCUT2D eigenvalue weighted by molar-refractivity contribution is 5.96. The van der Waals surface area contributed by atoms with Gasteiger partial charge in [-0.3, -0.25) is 14.8 Å². The Morgan fingerprint density at radius 1 is 1.26 bits per heavy atom. The third-order valence-corrected chi connectivity index (χ3v) is 3.52. The first-order valence-electron chi connectivity index (χ1n) is 6.88. The number of carbonyl (C=O) groups is 2. The van der Waals surface area contributed by atoms with Crippen LogP contribution in [0.4, 0.5) is 13.2 Å². The predicted molar refractivity (Wildman–Crippen MR) is 74.1 cm³/mol. The first-order chi connectivity index (χ1) is 10.8. The first kappa shape index (κ1) is 17.0. The molecule has 1 aromatic rings. The second-order valence-electron chi connectivity index (χ2n) is 5.14. The van der Waals surface area contributed by atoms with E-state index in [9.17, 15) is 22.8 Å². The molecule has 0 saturated heterocycles. The summed E-state index contributed by atoms with van der Waals surface area (Å²) < 4.78 is 37.5. The quantitative estimate of drug-likeness (QED) is 0.643. The molecule has 0 spiro atoms. The standard InChI is InChI=1S/C15H15F3N2O3/c16-15(17,18)12-4-1-10(2-5-12)9-20-8-7-11(14(20)22)3-6-13(21)19-23/h1-2,4-5,7,23H,3,6,8-9H2,(H,19,21). The van der Waals surface area contributed by atoms with Crippen LogP contribution >= 0.6 is 0 Å². The maximum atomic E-state index is 12.5. The minimum atomic E-state index is -4.38. The summed E-state index contributed by atoms with van der Waals surface area (Å²) >= 11 is 0. The molecular formula is C15H15F3N2O3. The Morgan fingerprint density at radius 3 is 2.48 bits per heavy atom. The molecule has 2 rings (SSSR count). The fraction of sp³-hybridized carbons (Fsp3) is 0.333. The van der Waals surface area contributed by atoms with E-state index in [0.29, 0.717) is 17.7 Å². The van der Waals surface area contributed by atoms with Crippen LogP contribution in [-0.4, -0.2) is 28.5 Å². The second kappa shape index (κ2) is 6.82. The van der Waals surface area contributed by atoms with Crippen LogP contribution in [0.5, 0.6) is 0 Å². The topological polar surface area (TPSA) is 69.6 Å². The molecule has 0 fully saturated rings. The minimum Gasteiger partial charge on any atom is -0.331 e. The lowest BCUT2D eigenvalue weighted by atomic mass is 10.1. The van der Waals surface area contributed by atoms with Gasteiger partial charge in [-0.15, -0.1) is 0 Å². The average Bonchev–Trinajstić information content (AvgIpc) is 2.85. The van der Waals surface area contributed by atoms with Gasteiger partial charge in [0.25, 0.3) is 0 Å². The predicted octanol–water partition coefficient (Wildman–Crippen LogP) is 2.26. The molecule has 1 aliphatic heterocycles. The Labute approximate surface area is 130 Å². The Morgan fingerprint density at radius 2 is 1.91 bits per heavy atom. The van der Waals surface area contributed by atoms with Crippen molar-refractivity contribution < 1.29 is 28.0 Å². The van der Waals surface area contributed by atoms with Crippen LogP contribution in [0, 0.1) is 0 Å². The van der Waals surface area contributed by atoms with E-state index in [1.807, 2.05) is 0 Å². The first-order valence-corrected chi connectivity index (χ1v) is 6.88. The summed E-state index contributed by atoms with van der Waals surface area (Å²) in [5.74, 6) is -0.837. The van der Waals surface area contributed by atoms with Crippen molar-refractivity contribution in [1.82, 2.24) is 10.4 Å². The van der Waals surface area contributed by atoms with Crippen LogP contribution in [0.25, 0.3) is 0 Å². The zero-order chi connectivity index (χ0) is 17.0. The molecule has 2 amide bonds. The van der Waals surface area contributed by atoms with E-state index in [4.69, 9.17) is 5.21 Å². The summed E-state index contributed by atoms with van der Waals surface area (Å²) in [5, 5.41) is 8.41. The SMILES string of the molecule is O=C(CCC1=CCN(Cc2ccc(C(F)(F)F)cc2)C1=O)NO. The van der Waals surface area contributed by atoms with Crippen molar-refractivity contribution in [2.24, 2.45) is 0 Å². The molecule has 124 valence electrons. The third-order valence-electron chi connectivity index (χ3n) is 3.52. The molecule has 23 heavy (non-hydrogen) atoms. The zero-order valence-electron chi connectivity index (χ0n) is 12.1. The Bertz CT molecular complexity index is 624. The lowest BCUT2D eigenvalue weighted by Gasteiger charge is -2.17. The van der Waals surface area contributed by atoms with E-state index in [0.717, 1.165) is 12.1 Å². The molecule has 0 saturated carbocycles. The molecule has 0 bridgehead atoms. The van der Waals surface area contributed by atoms with E-state index in [1.54, 1.807) is 6.08 Å². The lowest BCUT2D eigenvalue weighted by Crippen LogP contribution is -2.27. The van der Waals surface area contributed by atoms with Crippen LogP contribution in [-0.2, 0) is 22.3 Å². The molecular weight excluding hydrogens is 313 g/mol. The number of rotatable bonds is 5. The number of nitrogens with zero attached hydrogens (tertiary/aromatic N) is 1. The summed E-state index contributed by atoms with van der Waals surface area (Å²) in [6, 6.07) is 4.65. The van der Waals surface area contributed by atoms with E-state index in [1.165, 1.54) is 22.5 Å². The molecule has 1 aromatic carbocycles. The number of carbonyl (C=O) groups excluding carboxylic acids is 2. The van der Waals surface area contributed by atoms with Crippen molar-refractivity contribution >= 4 is 11.8 Å². The fourth-order valence-corrected chi connectivity index (χ4v) is 2.26. The highest BCUT2D eigenvalue weighted by Gasteiger charge is 2.30. The summed E-state index contributed by atoms with van der Waals surface area (Å²) in [6.07, 6.45) is -2.52. The van der Waals surface area contributed by atoms with Gasteiger partial charge in [0.15, 0.2) is 0 Å². The van der Waals surface area contributed by atoms with Crippen LogP contribution in [0.3, 0.4) is 0 Å². The second-order valence-corrected chi connectivity index (χ2v) is 5.14. The van der Waals surface area contributed by atoms with Gasteiger partial charge in [-0.2, -0.15) is 13.2 Å². The molecule has 0 aromatic heterocycles. The van der Waals surface area contributed by atoms with E-state index < -0.39 is 17.6 Å². The maximum absolute atomic E-state index is 12.5. The van der Waals surface area contributed by atoms with E-state index in [2.05, 4.69) is 0 Å². The summed E-state index contributed by atoms with van der Waals surface area (Å²) in [6.45, 7) is 0.541. The normalized spacial score (nSPS) is 14.9. The third kappa shape index (κ3) is 4.32. The van der Waals surface area contributed by atoms with Gasteiger partial charge in [0.2, 0.25) is 11.8 Å². The number of halogens is 3. The largest absolute Gasteiger partial charge is 0.416 e. The number of hydrogen-bond donors (Lipinski definition) is 2. The van der Waals surface area contributed by atoms with Crippen LogP contribution in [0.1, 0.15) is 24.0 Å². The van der Waals surface area contributed by atoms with Gasteiger partial charge in [0.05, 0.1) is 5.56 Å². The number of alkyl halides is 3. The Kier molecular flexibility index (Phi) is 5.05. The fourth-order valence-electron chi connectivity index (χ4n) is 2.26. The van der Waals surface area contributed by atoms with Crippen LogP contribution in [0.2, 0.25) is 0 Å². The monoisotopic (exact) mass is 328 g/mol. The smallest absolute Gasteiger partial charge is 0.331 e.